The van der Waals surface area contributed by atoms with Crippen molar-refractivity contribution in [1.82, 2.24) is 10.1 Å². The van der Waals surface area contributed by atoms with Crippen LogP contribution in [0.5, 0.6) is 0 Å². The summed E-state index contributed by atoms with van der Waals surface area (Å²) in [7, 11) is 1.63. The summed E-state index contributed by atoms with van der Waals surface area (Å²) in [5.74, 6) is 0.920. The van der Waals surface area contributed by atoms with Gasteiger partial charge in [0.2, 0.25) is 0 Å². The molecule has 19 heavy (non-hydrogen) atoms. The normalized spacial score (nSPS) is 10.6. The van der Waals surface area contributed by atoms with E-state index in [0.717, 1.165) is 4.90 Å². The van der Waals surface area contributed by atoms with Crippen LogP contribution in [-0.4, -0.2) is 30.4 Å². The predicted molar refractivity (Wildman–Crippen MR) is 70.6 cm³/mol. The molecule has 0 aliphatic heterocycles. The minimum Gasteiger partial charge on any atom is -0.383 e. The number of benzene rings is 1. The second-order valence-corrected chi connectivity index (χ2v) is 4.73. The maximum atomic E-state index is 12.7. The van der Waals surface area contributed by atoms with E-state index in [-0.39, 0.29) is 5.82 Å². The van der Waals surface area contributed by atoms with Gasteiger partial charge in [0.05, 0.1) is 12.4 Å². The standard InChI is InChI=1S/C12H14FN3O2S/c1-17-7-6-14-12-15-11(16-18-12)8-19-10-4-2-9(13)3-5-10/h2-5H,6-8H2,1H3,(H,14,15,16). The summed E-state index contributed by atoms with van der Waals surface area (Å²) in [5.41, 5.74) is 0. The van der Waals surface area contributed by atoms with Gasteiger partial charge in [0.15, 0.2) is 5.82 Å². The first kappa shape index (κ1) is 13.8. The quantitative estimate of drug-likeness (QED) is 0.622. The van der Waals surface area contributed by atoms with Crippen molar-refractivity contribution >= 4 is 17.8 Å². The number of nitrogens with zero attached hydrogens (tertiary/aromatic N) is 2. The molecule has 0 aliphatic rings. The van der Waals surface area contributed by atoms with E-state index in [1.807, 2.05) is 0 Å². The second-order valence-electron chi connectivity index (χ2n) is 3.68. The number of rotatable bonds is 7. The van der Waals surface area contributed by atoms with Gasteiger partial charge in [0, 0.05) is 18.6 Å². The van der Waals surface area contributed by atoms with Crippen LogP contribution >= 0.6 is 11.8 Å². The molecular weight excluding hydrogens is 269 g/mol. The number of methoxy groups -OCH3 is 1. The van der Waals surface area contributed by atoms with Crippen molar-refractivity contribution < 1.29 is 13.7 Å². The highest BCUT2D eigenvalue weighted by Crippen LogP contribution is 2.22. The Hall–Kier alpha value is -1.60. The molecular formula is C12H14FN3O2S. The van der Waals surface area contributed by atoms with Crippen LogP contribution in [0.2, 0.25) is 0 Å². The molecule has 0 saturated carbocycles. The van der Waals surface area contributed by atoms with E-state index < -0.39 is 0 Å². The van der Waals surface area contributed by atoms with Gasteiger partial charge in [-0.2, -0.15) is 4.98 Å². The Morgan fingerprint density at radius 2 is 2.16 bits per heavy atom. The lowest BCUT2D eigenvalue weighted by molar-refractivity contribution is 0.210. The molecule has 5 nitrogen and oxygen atoms in total. The second kappa shape index (κ2) is 7.10. The third-order valence-corrected chi connectivity index (χ3v) is 3.24. The summed E-state index contributed by atoms with van der Waals surface area (Å²) in [6, 6.07) is 6.68. The molecule has 0 spiro atoms. The molecule has 2 rings (SSSR count). The maximum Gasteiger partial charge on any atom is 0.321 e. The zero-order valence-corrected chi connectivity index (χ0v) is 11.2. The van der Waals surface area contributed by atoms with Gasteiger partial charge in [-0.3, -0.25) is 0 Å². The number of hydrogen-bond donors (Lipinski definition) is 1. The van der Waals surface area contributed by atoms with Crippen molar-refractivity contribution in [3.63, 3.8) is 0 Å². The first-order valence-corrected chi connectivity index (χ1v) is 6.70. The van der Waals surface area contributed by atoms with Gasteiger partial charge in [0.25, 0.3) is 0 Å². The highest BCUT2D eigenvalue weighted by molar-refractivity contribution is 7.98. The number of nitrogens with one attached hydrogen (secondary N) is 1. The summed E-state index contributed by atoms with van der Waals surface area (Å²) in [5, 5.41) is 6.79. The molecule has 0 atom stereocenters. The van der Waals surface area contributed by atoms with E-state index in [1.54, 1.807) is 19.2 Å². The van der Waals surface area contributed by atoms with E-state index in [1.165, 1.54) is 23.9 Å². The smallest absolute Gasteiger partial charge is 0.321 e. The van der Waals surface area contributed by atoms with Crippen molar-refractivity contribution in [2.75, 3.05) is 25.6 Å². The predicted octanol–water partition coefficient (Wildman–Crippen LogP) is 2.56. The van der Waals surface area contributed by atoms with Crippen molar-refractivity contribution in [2.24, 2.45) is 0 Å². The maximum absolute atomic E-state index is 12.7. The van der Waals surface area contributed by atoms with E-state index in [9.17, 15) is 4.39 Å². The van der Waals surface area contributed by atoms with E-state index in [0.29, 0.717) is 30.7 Å². The molecule has 0 unspecified atom stereocenters. The van der Waals surface area contributed by atoms with Gasteiger partial charge in [-0.05, 0) is 24.3 Å². The third-order valence-electron chi connectivity index (χ3n) is 2.23. The van der Waals surface area contributed by atoms with Gasteiger partial charge < -0.3 is 14.6 Å². The lowest BCUT2D eigenvalue weighted by Crippen LogP contribution is -2.07. The highest BCUT2D eigenvalue weighted by atomic mass is 32.2. The molecule has 1 heterocycles. The first-order chi connectivity index (χ1) is 9.28. The van der Waals surface area contributed by atoms with Crippen molar-refractivity contribution in [3.05, 3.63) is 35.9 Å². The number of anilines is 1. The molecule has 7 heteroatoms. The van der Waals surface area contributed by atoms with Crippen molar-refractivity contribution in [1.29, 1.82) is 0 Å². The van der Waals surface area contributed by atoms with Crippen LogP contribution in [0.3, 0.4) is 0 Å². The minimum atomic E-state index is -0.242. The van der Waals surface area contributed by atoms with Gasteiger partial charge in [0.1, 0.15) is 5.82 Å². The van der Waals surface area contributed by atoms with Crippen LogP contribution in [-0.2, 0) is 10.5 Å². The lowest BCUT2D eigenvalue weighted by atomic mass is 10.4. The molecule has 0 aliphatic carbocycles. The first-order valence-electron chi connectivity index (χ1n) is 5.71. The molecule has 1 aromatic heterocycles. The molecule has 0 amide bonds. The summed E-state index contributed by atoms with van der Waals surface area (Å²) >= 11 is 1.52. The Balaban J connectivity index is 1.81. The Kier molecular flexibility index (Phi) is 5.17. The van der Waals surface area contributed by atoms with Gasteiger partial charge in [-0.25, -0.2) is 4.39 Å². The van der Waals surface area contributed by atoms with Crippen molar-refractivity contribution in [2.45, 2.75) is 10.6 Å². The molecule has 102 valence electrons. The van der Waals surface area contributed by atoms with E-state index in [4.69, 9.17) is 9.26 Å². The summed E-state index contributed by atoms with van der Waals surface area (Å²) < 4.78 is 22.6. The molecule has 2 aromatic rings. The van der Waals surface area contributed by atoms with Crippen LogP contribution in [0.4, 0.5) is 10.4 Å². The largest absolute Gasteiger partial charge is 0.383 e. The third kappa shape index (κ3) is 4.53. The van der Waals surface area contributed by atoms with Crippen LogP contribution in [0.15, 0.2) is 33.7 Å². The van der Waals surface area contributed by atoms with Gasteiger partial charge in [-0.15, -0.1) is 11.8 Å². The fourth-order valence-corrected chi connectivity index (χ4v) is 2.06. The molecule has 0 bridgehead atoms. The van der Waals surface area contributed by atoms with Crippen LogP contribution in [0.25, 0.3) is 0 Å². The molecule has 0 radical (unpaired) electrons. The van der Waals surface area contributed by atoms with Gasteiger partial charge in [-0.1, -0.05) is 5.16 Å². The summed E-state index contributed by atoms with van der Waals surface area (Å²) in [6.07, 6.45) is 0. The van der Waals surface area contributed by atoms with Gasteiger partial charge >= 0.3 is 6.01 Å². The average Bonchev–Trinajstić information content (AvgIpc) is 2.86. The zero-order valence-electron chi connectivity index (χ0n) is 10.4. The number of hydrogen-bond acceptors (Lipinski definition) is 6. The Morgan fingerprint density at radius 3 is 2.89 bits per heavy atom. The molecule has 0 fully saturated rings. The minimum absolute atomic E-state index is 0.242. The van der Waals surface area contributed by atoms with Crippen LogP contribution in [0.1, 0.15) is 5.82 Å². The molecule has 1 aromatic carbocycles. The van der Waals surface area contributed by atoms with Crippen LogP contribution < -0.4 is 5.32 Å². The average molecular weight is 283 g/mol. The SMILES string of the molecule is COCCNc1nc(CSc2ccc(F)cc2)no1. The molecule has 0 saturated heterocycles. The highest BCUT2D eigenvalue weighted by Gasteiger charge is 2.06. The van der Waals surface area contributed by atoms with E-state index in [2.05, 4.69) is 15.5 Å². The summed E-state index contributed by atoms with van der Waals surface area (Å²) in [4.78, 5) is 5.13. The Morgan fingerprint density at radius 1 is 1.37 bits per heavy atom. The Labute approximate surface area is 114 Å². The zero-order chi connectivity index (χ0) is 13.5. The fraction of sp³-hybridized carbons (Fsp3) is 0.333. The number of thioether (sulfide) groups is 1. The fourth-order valence-electron chi connectivity index (χ4n) is 1.32. The monoisotopic (exact) mass is 283 g/mol. The van der Waals surface area contributed by atoms with E-state index >= 15 is 0 Å². The number of ether oxygens (including phenoxy) is 1. The topological polar surface area (TPSA) is 60.2 Å². The summed E-state index contributed by atoms with van der Waals surface area (Å²) in [6.45, 7) is 1.19. The lowest BCUT2D eigenvalue weighted by Gasteiger charge is -1.98. The Bertz CT molecular complexity index is 504. The molecule has 1 N–H and O–H groups in total. The van der Waals surface area contributed by atoms with Crippen LogP contribution in [0, 0.1) is 5.82 Å². The number of halogens is 1. The number of aromatic nitrogens is 2. The van der Waals surface area contributed by atoms with Crippen molar-refractivity contribution in [3.8, 4) is 0 Å².